The van der Waals surface area contributed by atoms with Crippen molar-refractivity contribution in [3.63, 3.8) is 0 Å². The maximum absolute atomic E-state index is 10.0. The molecule has 2 saturated carbocycles. The lowest BCUT2D eigenvalue weighted by Crippen LogP contribution is -2.39. The highest BCUT2D eigenvalue weighted by molar-refractivity contribution is 5.08. The second-order valence-electron chi connectivity index (χ2n) is 5.32. The van der Waals surface area contributed by atoms with Crippen molar-refractivity contribution in [1.82, 2.24) is 0 Å². The van der Waals surface area contributed by atoms with Crippen LogP contribution in [-0.2, 0) is 0 Å². The summed E-state index contributed by atoms with van der Waals surface area (Å²) < 4.78 is 0. The highest BCUT2D eigenvalue weighted by atomic mass is 16.3. The van der Waals surface area contributed by atoms with Crippen LogP contribution >= 0.6 is 0 Å². The maximum Gasteiger partial charge on any atom is 0.0647 e. The molecule has 1 nitrogen and oxygen atoms in total. The van der Waals surface area contributed by atoms with Gasteiger partial charge in [-0.2, -0.15) is 0 Å². The van der Waals surface area contributed by atoms with E-state index in [2.05, 4.69) is 20.8 Å². The molecule has 0 saturated heterocycles. The minimum Gasteiger partial charge on any atom is -0.392 e. The zero-order valence-corrected chi connectivity index (χ0v) is 7.72. The van der Waals surface area contributed by atoms with Gasteiger partial charge in [0.25, 0.3) is 0 Å². The summed E-state index contributed by atoms with van der Waals surface area (Å²) in [5, 5.41) is 10.0. The summed E-state index contributed by atoms with van der Waals surface area (Å²) in [7, 11) is 0. The molecule has 64 valence electrons. The average Bonchev–Trinajstić information content (AvgIpc) is 2.36. The van der Waals surface area contributed by atoms with Crippen molar-refractivity contribution < 1.29 is 5.11 Å². The molecule has 0 aromatic heterocycles. The van der Waals surface area contributed by atoms with Crippen molar-refractivity contribution in [3.05, 3.63) is 0 Å². The molecule has 2 bridgehead atoms. The quantitative estimate of drug-likeness (QED) is 0.567. The fraction of sp³-hybridized carbons (Fsp3) is 1.00. The van der Waals surface area contributed by atoms with Crippen molar-refractivity contribution in [3.8, 4) is 0 Å². The Morgan fingerprint density at radius 3 is 2.18 bits per heavy atom. The molecule has 0 heterocycles. The third kappa shape index (κ3) is 0.752. The van der Waals surface area contributed by atoms with Crippen LogP contribution in [0.3, 0.4) is 0 Å². The summed E-state index contributed by atoms with van der Waals surface area (Å²) in [5.41, 5.74) is 0.446. The molecule has 2 aliphatic rings. The van der Waals surface area contributed by atoms with E-state index >= 15 is 0 Å². The number of aliphatic hydroxyl groups is 1. The predicted octanol–water partition coefficient (Wildman–Crippen LogP) is 2.19. The third-order valence-corrected chi connectivity index (χ3v) is 4.19. The Kier molecular flexibility index (Phi) is 1.26. The van der Waals surface area contributed by atoms with Crippen molar-refractivity contribution in [1.29, 1.82) is 0 Å². The largest absolute Gasteiger partial charge is 0.392 e. The van der Waals surface area contributed by atoms with Gasteiger partial charge in [0.2, 0.25) is 0 Å². The smallest absolute Gasteiger partial charge is 0.0647 e. The Bertz CT molecular complexity index is 181. The summed E-state index contributed by atoms with van der Waals surface area (Å²) in [6.07, 6.45) is 3.76. The van der Waals surface area contributed by atoms with Gasteiger partial charge in [0.05, 0.1) is 6.10 Å². The first-order valence-electron chi connectivity index (χ1n) is 4.65. The second-order valence-corrected chi connectivity index (χ2v) is 5.32. The van der Waals surface area contributed by atoms with Crippen molar-refractivity contribution in [2.75, 3.05) is 0 Å². The zero-order valence-electron chi connectivity index (χ0n) is 7.72. The van der Waals surface area contributed by atoms with E-state index in [1.807, 2.05) is 0 Å². The van der Waals surface area contributed by atoms with Gasteiger partial charge >= 0.3 is 0 Å². The minimum absolute atomic E-state index is 0.0613. The molecule has 0 radical (unpaired) electrons. The van der Waals surface area contributed by atoms with Crippen LogP contribution in [0.15, 0.2) is 0 Å². The fourth-order valence-corrected chi connectivity index (χ4v) is 3.28. The molecule has 0 amide bonds. The van der Waals surface area contributed by atoms with E-state index < -0.39 is 0 Å². The number of hydrogen-bond donors (Lipinski definition) is 1. The first kappa shape index (κ1) is 7.60. The molecule has 3 atom stereocenters. The summed E-state index contributed by atoms with van der Waals surface area (Å²) >= 11 is 0. The van der Waals surface area contributed by atoms with Crippen LogP contribution in [-0.4, -0.2) is 11.2 Å². The molecule has 2 aliphatic carbocycles. The van der Waals surface area contributed by atoms with Gasteiger partial charge in [-0.3, -0.25) is 0 Å². The summed E-state index contributed by atoms with van der Waals surface area (Å²) in [4.78, 5) is 0. The van der Waals surface area contributed by atoms with Gasteiger partial charge in [0.1, 0.15) is 0 Å². The van der Waals surface area contributed by atoms with E-state index in [0.29, 0.717) is 0 Å². The Labute approximate surface area is 68.8 Å². The van der Waals surface area contributed by atoms with Crippen LogP contribution < -0.4 is 0 Å². The Morgan fingerprint density at radius 2 is 1.91 bits per heavy atom. The van der Waals surface area contributed by atoms with Crippen LogP contribution in [0.1, 0.15) is 40.0 Å². The Morgan fingerprint density at radius 1 is 1.27 bits per heavy atom. The first-order valence-corrected chi connectivity index (χ1v) is 4.65. The Hall–Kier alpha value is -0.0400. The van der Waals surface area contributed by atoms with Crippen molar-refractivity contribution in [2.45, 2.75) is 46.1 Å². The van der Waals surface area contributed by atoms with E-state index in [0.717, 1.165) is 5.92 Å². The SMILES string of the molecule is CC1(C)C(O)[C@]2(C)CC[C@H]1C2. The van der Waals surface area contributed by atoms with Gasteiger partial charge in [-0.1, -0.05) is 20.8 Å². The van der Waals surface area contributed by atoms with Gasteiger partial charge < -0.3 is 5.11 Å². The van der Waals surface area contributed by atoms with Crippen LogP contribution in [0.5, 0.6) is 0 Å². The van der Waals surface area contributed by atoms with Crippen LogP contribution in [0.4, 0.5) is 0 Å². The first-order chi connectivity index (χ1) is 4.97. The molecular formula is C10H18O. The summed E-state index contributed by atoms with van der Waals surface area (Å²) in [6, 6.07) is 0. The van der Waals surface area contributed by atoms with Crippen LogP contribution in [0.2, 0.25) is 0 Å². The summed E-state index contributed by atoms with van der Waals surface area (Å²) in [5.74, 6) is 0.780. The molecule has 2 fully saturated rings. The number of rotatable bonds is 0. The summed E-state index contributed by atoms with van der Waals surface area (Å²) in [6.45, 7) is 6.67. The van der Waals surface area contributed by atoms with E-state index in [1.54, 1.807) is 0 Å². The standard InChI is InChI=1S/C10H18O/c1-9(2)7-4-5-10(3,6-7)8(9)11/h7-8,11H,4-6H2,1-3H3/t7-,8?,10+/m0/s1. The topological polar surface area (TPSA) is 20.2 Å². The third-order valence-electron chi connectivity index (χ3n) is 4.19. The molecule has 0 aliphatic heterocycles. The van der Waals surface area contributed by atoms with E-state index in [9.17, 15) is 5.11 Å². The van der Waals surface area contributed by atoms with E-state index in [1.165, 1.54) is 19.3 Å². The van der Waals surface area contributed by atoms with Gasteiger partial charge in [-0.05, 0) is 36.0 Å². The molecule has 11 heavy (non-hydrogen) atoms. The average molecular weight is 154 g/mol. The molecule has 1 unspecified atom stereocenters. The minimum atomic E-state index is -0.0613. The molecule has 0 aromatic carbocycles. The molecule has 1 heteroatoms. The van der Waals surface area contributed by atoms with Crippen LogP contribution in [0, 0.1) is 16.7 Å². The van der Waals surface area contributed by atoms with Gasteiger partial charge in [-0.25, -0.2) is 0 Å². The van der Waals surface area contributed by atoms with Gasteiger partial charge in [-0.15, -0.1) is 0 Å². The predicted molar refractivity (Wildman–Crippen MR) is 45.2 cm³/mol. The lowest BCUT2D eigenvalue weighted by Gasteiger charge is -2.38. The number of fused-ring (bicyclic) bond motifs is 2. The molecule has 1 N–H and O–H groups in total. The molecular weight excluding hydrogens is 136 g/mol. The van der Waals surface area contributed by atoms with Crippen LogP contribution in [0.25, 0.3) is 0 Å². The molecule has 0 spiro atoms. The lowest BCUT2D eigenvalue weighted by atomic mass is 9.70. The lowest BCUT2D eigenvalue weighted by molar-refractivity contribution is -0.0340. The molecule has 2 rings (SSSR count). The highest BCUT2D eigenvalue weighted by Crippen LogP contribution is 2.62. The van der Waals surface area contributed by atoms with Crippen molar-refractivity contribution in [2.24, 2.45) is 16.7 Å². The van der Waals surface area contributed by atoms with Crippen molar-refractivity contribution >= 4 is 0 Å². The maximum atomic E-state index is 10.0. The molecule has 0 aromatic rings. The van der Waals surface area contributed by atoms with Gasteiger partial charge in [0.15, 0.2) is 0 Å². The Balaban J connectivity index is 2.34. The van der Waals surface area contributed by atoms with E-state index in [4.69, 9.17) is 0 Å². The fourth-order valence-electron chi connectivity index (χ4n) is 3.28. The van der Waals surface area contributed by atoms with E-state index in [-0.39, 0.29) is 16.9 Å². The zero-order chi connectivity index (χ0) is 8.28. The normalized spacial score (nSPS) is 53.5. The number of aliphatic hydroxyl groups excluding tert-OH is 1. The monoisotopic (exact) mass is 154 g/mol. The highest BCUT2D eigenvalue weighted by Gasteiger charge is 2.58. The second kappa shape index (κ2) is 1.82. The van der Waals surface area contributed by atoms with Gasteiger partial charge in [0, 0.05) is 0 Å². The number of hydrogen-bond acceptors (Lipinski definition) is 1.